The smallest absolute Gasteiger partial charge is 0.412 e. The van der Waals surface area contributed by atoms with E-state index in [1.165, 1.54) is 0 Å². The minimum atomic E-state index is -0.588. The average molecular weight is 1050 g/mol. The number of para-hydroxylation sites is 2. The molecule has 75 heavy (non-hydrogen) atoms. The number of nitrogens with two attached hydrogens (primary N) is 1. The number of rotatable bonds is 11. The molecule has 2 fully saturated rings. The summed E-state index contributed by atoms with van der Waals surface area (Å²) in [6.45, 7) is 9.45. The molecule has 2 aliphatic rings. The van der Waals surface area contributed by atoms with Crippen LogP contribution in [0.25, 0.3) is 44.3 Å². The molecular weight excluding hydrogens is 988 g/mol. The highest BCUT2D eigenvalue weighted by molar-refractivity contribution is 6.34. The summed E-state index contributed by atoms with van der Waals surface area (Å²) in [7, 11) is 0. The molecule has 3 amide bonds. The third-order valence-corrected chi connectivity index (χ3v) is 14.0. The van der Waals surface area contributed by atoms with Crippen LogP contribution >= 0.6 is 23.2 Å². The predicted molar refractivity (Wildman–Crippen MR) is 300 cm³/mol. The first-order valence-corrected chi connectivity index (χ1v) is 26.1. The Kier molecular flexibility index (Phi) is 15.9. The van der Waals surface area contributed by atoms with Crippen molar-refractivity contribution >= 4 is 86.2 Å². The molecule has 2 aliphatic carbocycles. The maximum absolute atomic E-state index is 13.0. The number of carbonyl (C=O) groups is 3. The van der Waals surface area contributed by atoms with Gasteiger partial charge in [0.15, 0.2) is 0 Å². The summed E-state index contributed by atoms with van der Waals surface area (Å²) >= 11 is 13.1. The predicted octanol–water partition coefficient (Wildman–Crippen LogP) is 12.4. The van der Waals surface area contributed by atoms with Crippen LogP contribution in [0.2, 0.25) is 10.0 Å². The van der Waals surface area contributed by atoms with Gasteiger partial charge in [0.05, 0.1) is 33.8 Å². The number of amides is 3. The molecule has 0 unspecified atom stereocenters. The van der Waals surface area contributed by atoms with Crippen LogP contribution in [0.5, 0.6) is 0 Å². The van der Waals surface area contributed by atoms with Gasteiger partial charge in [-0.2, -0.15) is 0 Å². The molecule has 4 atom stereocenters. The van der Waals surface area contributed by atoms with Crippen molar-refractivity contribution in [1.82, 2.24) is 40.5 Å². The highest BCUT2D eigenvalue weighted by Crippen LogP contribution is 2.37. The zero-order chi connectivity index (χ0) is 52.8. The van der Waals surface area contributed by atoms with Gasteiger partial charge in [0, 0.05) is 91.0 Å². The number of fused-ring (bicyclic) bond motifs is 2. The second-order valence-electron chi connectivity index (χ2n) is 20.3. The van der Waals surface area contributed by atoms with Crippen LogP contribution in [-0.4, -0.2) is 77.6 Å². The standard InChI is InChI=1S/C31H35ClN6O3.C26H27ClN6O/c1-18-26(23-10-5-6-11-25(23)34-18)27-24(32)17-33-29(38-27)36-22-9-7-8-21(16-22)35-28(39)19-12-14-20(15-13-19)37-30(40)41-31(2,3)4;1-15-23(20-7-2-3-8-22(20)30-15)24-21(27)14-29-26(33-24)32-19-6-4-5-18(13-19)31-25(34)16-9-11-17(28)12-10-16/h5-6,10-15,17,21-22,34H,7-9,16H2,1-4H3,(H,35,39)(H,37,40)(H,33,36,38);2-3,7-12,14,18-19,30H,4-6,13,28H2,1H3,(H,31,34)(H,29,32,33)/t21-,22+;18-,19+/m00/s1. The third kappa shape index (κ3) is 13.0. The normalized spacial score (nSPS) is 17.6. The Morgan fingerprint density at radius 1 is 0.613 bits per heavy atom. The van der Waals surface area contributed by atoms with Crippen molar-refractivity contribution in [3.8, 4) is 22.5 Å². The van der Waals surface area contributed by atoms with Gasteiger partial charge in [-0.1, -0.05) is 59.6 Å². The lowest BCUT2D eigenvalue weighted by Gasteiger charge is -2.30. The monoisotopic (exact) mass is 1050 g/mol. The van der Waals surface area contributed by atoms with E-state index < -0.39 is 11.7 Å². The van der Waals surface area contributed by atoms with Gasteiger partial charge in [-0.15, -0.1) is 0 Å². The van der Waals surface area contributed by atoms with Gasteiger partial charge in [0.1, 0.15) is 5.60 Å². The summed E-state index contributed by atoms with van der Waals surface area (Å²) in [6.07, 6.45) is 10.0. The van der Waals surface area contributed by atoms with Crippen LogP contribution in [0.4, 0.5) is 28.1 Å². The highest BCUT2D eigenvalue weighted by Gasteiger charge is 2.27. The topological polar surface area (TPSA) is 230 Å². The van der Waals surface area contributed by atoms with Gasteiger partial charge < -0.3 is 41.7 Å². The molecule has 0 saturated heterocycles. The van der Waals surface area contributed by atoms with E-state index in [9.17, 15) is 14.4 Å². The lowest BCUT2D eigenvalue weighted by molar-refractivity contribution is 0.0635. The molecule has 4 aromatic heterocycles. The molecule has 0 radical (unpaired) electrons. The number of benzene rings is 4. The third-order valence-electron chi connectivity index (χ3n) is 13.4. The number of anilines is 4. The molecule has 9 N–H and O–H groups in total. The van der Waals surface area contributed by atoms with Crippen LogP contribution in [0.3, 0.4) is 0 Å². The fourth-order valence-electron chi connectivity index (χ4n) is 9.96. The average Bonchev–Trinajstić information content (AvgIpc) is 3.92. The van der Waals surface area contributed by atoms with Crippen LogP contribution in [-0.2, 0) is 4.74 Å². The van der Waals surface area contributed by atoms with Crippen molar-refractivity contribution in [3.05, 3.63) is 142 Å². The molecular formula is C57H62Cl2N12O4. The Balaban J connectivity index is 0.000000187. The number of ether oxygens (including phenoxy) is 1. The molecule has 4 heterocycles. The first-order chi connectivity index (χ1) is 36.0. The van der Waals surface area contributed by atoms with Gasteiger partial charge >= 0.3 is 6.09 Å². The summed E-state index contributed by atoms with van der Waals surface area (Å²) < 4.78 is 5.27. The number of aromatic amines is 2. The van der Waals surface area contributed by atoms with Crippen LogP contribution in [0.15, 0.2) is 109 Å². The second kappa shape index (κ2) is 22.8. The number of carbonyl (C=O) groups excluding carboxylic acids is 3. The minimum absolute atomic E-state index is 0.0101. The molecule has 0 bridgehead atoms. The summed E-state index contributed by atoms with van der Waals surface area (Å²) in [5.41, 5.74) is 14.9. The number of nitrogens with one attached hydrogen (secondary N) is 7. The fraction of sp³-hybridized carbons (Fsp3) is 0.316. The quantitative estimate of drug-likeness (QED) is 0.0568. The van der Waals surface area contributed by atoms with Gasteiger partial charge in [-0.3, -0.25) is 14.9 Å². The number of nitrogen functional groups attached to an aromatic ring is 1. The Morgan fingerprint density at radius 2 is 1.04 bits per heavy atom. The number of halogens is 2. The summed E-state index contributed by atoms with van der Waals surface area (Å²) in [5, 5.41) is 19.1. The lowest BCUT2D eigenvalue weighted by atomic mass is 9.91. The maximum Gasteiger partial charge on any atom is 0.412 e. The summed E-state index contributed by atoms with van der Waals surface area (Å²) in [5.74, 6) is 0.823. The van der Waals surface area contributed by atoms with E-state index >= 15 is 0 Å². The van der Waals surface area contributed by atoms with Gasteiger partial charge in [-0.05, 0) is 147 Å². The number of hydrogen-bond acceptors (Lipinski definition) is 11. The fourth-order valence-corrected chi connectivity index (χ4v) is 10.3. The van der Waals surface area contributed by atoms with E-state index in [4.69, 9.17) is 43.6 Å². The molecule has 10 rings (SSSR count). The van der Waals surface area contributed by atoms with E-state index in [1.54, 1.807) is 81.7 Å². The van der Waals surface area contributed by atoms with Gasteiger partial charge in [0.25, 0.3) is 11.8 Å². The van der Waals surface area contributed by atoms with E-state index in [0.717, 1.165) is 95.7 Å². The molecule has 388 valence electrons. The van der Waals surface area contributed by atoms with E-state index in [2.05, 4.69) is 58.7 Å². The Hall–Kier alpha value is -7.69. The largest absolute Gasteiger partial charge is 0.444 e. The van der Waals surface area contributed by atoms with E-state index in [-0.39, 0.29) is 36.0 Å². The molecule has 0 spiro atoms. The minimum Gasteiger partial charge on any atom is -0.444 e. The van der Waals surface area contributed by atoms with E-state index in [0.29, 0.717) is 55.8 Å². The zero-order valence-corrected chi connectivity index (χ0v) is 44.1. The number of nitrogens with zero attached hydrogens (tertiary/aromatic N) is 4. The van der Waals surface area contributed by atoms with E-state index in [1.807, 2.05) is 50.2 Å². The maximum atomic E-state index is 13.0. The Morgan fingerprint density at radius 3 is 1.49 bits per heavy atom. The zero-order valence-electron chi connectivity index (χ0n) is 42.6. The van der Waals surface area contributed by atoms with Crippen molar-refractivity contribution in [1.29, 1.82) is 0 Å². The first-order valence-electron chi connectivity index (χ1n) is 25.3. The van der Waals surface area contributed by atoms with Crippen molar-refractivity contribution in [3.63, 3.8) is 0 Å². The lowest BCUT2D eigenvalue weighted by Crippen LogP contribution is -2.42. The molecule has 4 aromatic carbocycles. The molecule has 8 aromatic rings. The second-order valence-corrected chi connectivity index (χ2v) is 21.1. The van der Waals surface area contributed by atoms with Crippen molar-refractivity contribution in [2.75, 3.05) is 21.7 Å². The Bertz CT molecular complexity index is 3340. The summed E-state index contributed by atoms with van der Waals surface area (Å²) in [6, 6.07) is 30.3. The van der Waals surface area contributed by atoms with Crippen LogP contribution in [0, 0.1) is 13.8 Å². The number of aromatic nitrogens is 6. The number of aryl methyl sites for hydroxylation is 2. The number of H-pyrrole nitrogens is 2. The molecule has 16 nitrogen and oxygen atoms in total. The number of hydrogen-bond donors (Lipinski definition) is 8. The SMILES string of the molecule is Cc1[nH]c2ccccc2c1-c1nc(N[C@@H]2CCC[C@H](NC(=O)c3ccc(N)cc3)C2)ncc1Cl.Cc1[nH]c2ccccc2c1-c1nc(N[C@@H]2CCC[C@H](NC(=O)c3ccc(NC(=O)OC(C)(C)C)cc3)C2)ncc1Cl. The van der Waals surface area contributed by atoms with Crippen molar-refractivity contribution in [2.24, 2.45) is 0 Å². The van der Waals surface area contributed by atoms with Gasteiger partial charge in [-0.25, -0.2) is 24.7 Å². The van der Waals surface area contributed by atoms with Crippen molar-refractivity contribution in [2.45, 2.75) is 116 Å². The molecule has 2 saturated carbocycles. The van der Waals surface area contributed by atoms with Gasteiger partial charge in [0.2, 0.25) is 11.9 Å². The van der Waals surface area contributed by atoms with Crippen LogP contribution < -0.4 is 32.3 Å². The van der Waals surface area contributed by atoms with Crippen LogP contribution in [0.1, 0.15) is 104 Å². The first kappa shape index (κ1) is 52.2. The highest BCUT2D eigenvalue weighted by atomic mass is 35.5. The van der Waals surface area contributed by atoms with Crippen molar-refractivity contribution < 1.29 is 19.1 Å². The summed E-state index contributed by atoms with van der Waals surface area (Å²) in [4.78, 5) is 62.9. The molecule has 18 heteroatoms. The Labute approximate surface area is 445 Å². The molecule has 0 aliphatic heterocycles.